The van der Waals surface area contributed by atoms with E-state index in [1.54, 1.807) is 13.3 Å². The molecular formula is C21H29N3O4S2. The maximum Gasteiger partial charge on any atom is 0.323 e. The third kappa shape index (κ3) is 6.85. The number of thiazole rings is 1. The standard InChI is InChI=1S/C21H29N3O4S2/c1-28-17-9-7-16(8-10-17)24(12-11-15-5-3-2-4-6-15)21(27)23-20-22-13-19(30-20)29-14-18(25)26/h2-5,13,15-17H,6-12,14H2,1H3,(H,25,26)(H,22,23,27)/t15?,16-,17-. The number of carbonyl (C=O) groups is 2. The number of carboxylic acids is 1. The Balaban J connectivity index is 1.61. The van der Waals surface area contributed by atoms with Crippen LogP contribution in [0.25, 0.3) is 0 Å². The van der Waals surface area contributed by atoms with Gasteiger partial charge in [-0.25, -0.2) is 9.78 Å². The number of thioether (sulfide) groups is 1. The Labute approximate surface area is 185 Å². The zero-order valence-electron chi connectivity index (χ0n) is 17.2. The van der Waals surface area contributed by atoms with Gasteiger partial charge in [0.15, 0.2) is 5.13 Å². The summed E-state index contributed by atoms with van der Waals surface area (Å²) in [6.07, 6.45) is 16.2. The molecule has 0 spiro atoms. The van der Waals surface area contributed by atoms with Crippen molar-refractivity contribution in [2.24, 2.45) is 5.92 Å². The molecule has 1 unspecified atom stereocenters. The number of allylic oxidation sites excluding steroid dienone is 4. The average Bonchev–Trinajstić information content (AvgIpc) is 3.21. The minimum atomic E-state index is -0.872. The van der Waals surface area contributed by atoms with Crippen LogP contribution in [-0.2, 0) is 9.53 Å². The van der Waals surface area contributed by atoms with E-state index >= 15 is 0 Å². The van der Waals surface area contributed by atoms with Gasteiger partial charge in [0.2, 0.25) is 0 Å². The molecule has 3 rings (SSSR count). The maximum atomic E-state index is 13.1. The summed E-state index contributed by atoms with van der Waals surface area (Å²) in [5.41, 5.74) is 0. The molecule has 0 bridgehead atoms. The van der Waals surface area contributed by atoms with Gasteiger partial charge in [-0.05, 0) is 44.4 Å². The van der Waals surface area contributed by atoms with Gasteiger partial charge < -0.3 is 14.7 Å². The molecular weight excluding hydrogens is 422 g/mol. The first-order chi connectivity index (χ1) is 14.5. The highest BCUT2D eigenvalue weighted by atomic mass is 32.2. The van der Waals surface area contributed by atoms with Crippen LogP contribution in [0.15, 0.2) is 34.7 Å². The maximum absolute atomic E-state index is 13.1. The lowest BCUT2D eigenvalue weighted by molar-refractivity contribution is -0.133. The molecule has 2 aliphatic rings. The van der Waals surface area contributed by atoms with Crippen molar-refractivity contribution < 1.29 is 19.4 Å². The van der Waals surface area contributed by atoms with Crippen molar-refractivity contribution in [1.82, 2.24) is 9.88 Å². The Hall–Kier alpha value is -1.84. The van der Waals surface area contributed by atoms with Crippen LogP contribution >= 0.6 is 23.1 Å². The SMILES string of the molecule is CO[C@H]1CC[C@H](N(CCC2C=CC=CC2)C(=O)Nc2ncc(SCC(=O)O)s2)CC1. The van der Waals surface area contributed by atoms with Gasteiger partial charge in [0.05, 0.1) is 22.3 Å². The summed E-state index contributed by atoms with van der Waals surface area (Å²) in [5.74, 6) is -0.434. The second kappa shape index (κ2) is 11.5. The summed E-state index contributed by atoms with van der Waals surface area (Å²) in [6, 6.07) is 0.0654. The van der Waals surface area contributed by atoms with Gasteiger partial charge in [-0.3, -0.25) is 10.1 Å². The number of urea groups is 1. The third-order valence-electron chi connectivity index (χ3n) is 5.53. The number of rotatable bonds is 9. The molecule has 2 aliphatic carbocycles. The van der Waals surface area contributed by atoms with Gasteiger partial charge in [0.1, 0.15) is 0 Å². The van der Waals surface area contributed by atoms with Crippen LogP contribution in [0.4, 0.5) is 9.93 Å². The second-order valence-corrected chi connectivity index (χ2v) is 9.86. The Kier molecular flexibility index (Phi) is 8.77. The molecule has 1 atom stereocenters. The molecule has 0 saturated heterocycles. The van der Waals surface area contributed by atoms with Gasteiger partial charge in [0, 0.05) is 19.7 Å². The van der Waals surface area contributed by atoms with E-state index in [2.05, 4.69) is 34.6 Å². The number of hydrogen-bond acceptors (Lipinski definition) is 6. The number of carboxylic acid groups (broad SMARTS) is 1. The Bertz CT molecular complexity index is 772. The highest BCUT2D eigenvalue weighted by molar-refractivity contribution is 8.01. The average molecular weight is 452 g/mol. The molecule has 1 aromatic rings. The number of hydrogen-bond donors (Lipinski definition) is 2. The summed E-state index contributed by atoms with van der Waals surface area (Å²) in [7, 11) is 1.75. The number of aliphatic carboxylic acids is 1. The fraction of sp³-hybridized carbons (Fsp3) is 0.571. The van der Waals surface area contributed by atoms with E-state index in [1.807, 2.05) is 4.90 Å². The molecule has 9 heteroatoms. The van der Waals surface area contributed by atoms with E-state index in [1.165, 1.54) is 23.1 Å². The van der Waals surface area contributed by atoms with Crippen molar-refractivity contribution in [3.05, 3.63) is 30.5 Å². The van der Waals surface area contributed by atoms with E-state index in [0.717, 1.165) is 42.7 Å². The largest absolute Gasteiger partial charge is 0.481 e. The zero-order chi connectivity index (χ0) is 21.3. The van der Waals surface area contributed by atoms with Crippen LogP contribution in [0.3, 0.4) is 0 Å². The number of nitrogens with one attached hydrogen (secondary N) is 1. The van der Waals surface area contributed by atoms with Crippen LogP contribution in [-0.4, -0.2) is 58.5 Å². The van der Waals surface area contributed by atoms with Crippen molar-refractivity contribution in [1.29, 1.82) is 0 Å². The monoisotopic (exact) mass is 451 g/mol. The molecule has 1 heterocycles. The quantitative estimate of drug-likeness (QED) is 0.532. The molecule has 1 fully saturated rings. The highest BCUT2D eigenvalue weighted by Gasteiger charge is 2.29. The lowest BCUT2D eigenvalue weighted by Gasteiger charge is -2.37. The van der Waals surface area contributed by atoms with Crippen molar-refractivity contribution in [3.63, 3.8) is 0 Å². The number of amides is 2. The molecule has 7 nitrogen and oxygen atoms in total. The van der Waals surface area contributed by atoms with E-state index < -0.39 is 5.97 Å². The summed E-state index contributed by atoms with van der Waals surface area (Å²) in [6.45, 7) is 0.697. The number of aromatic nitrogens is 1. The van der Waals surface area contributed by atoms with Crippen LogP contribution in [0, 0.1) is 5.92 Å². The summed E-state index contributed by atoms with van der Waals surface area (Å²) in [5, 5.41) is 12.3. The topological polar surface area (TPSA) is 91.8 Å². The predicted molar refractivity (Wildman–Crippen MR) is 120 cm³/mol. The van der Waals surface area contributed by atoms with Gasteiger partial charge in [-0.15, -0.1) is 11.8 Å². The predicted octanol–water partition coefficient (Wildman–Crippen LogP) is 4.63. The normalized spacial score (nSPS) is 23.3. The van der Waals surface area contributed by atoms with Crippen molar-refractivity contribution in [2.45, 2.75) is 54.9 Å². The smallest absolute Gasteiger partial charge is 0.323 e. The molecule has 30 heavy (non-hydrogen) atoms. The summed E-state index contributed by atoms with van der Waals surface area (Å²) in [4.78, 5) is 30.1. The fourth-order valence-electron chi connectivity index (χ4n) is 3.87. The van der Waals surface area contributed by atoms with E-state index in [4.69, 9.17) is 9.84 Å². The van der Waals surface area contributed by atoms with E-state index in [-0.39, 0.29) is 23.9 Å². The molecule has 2 N–H and O–H groups in total. The number of carbonyl (C=O) groups excluding carboxylic acids is 1. The van der Waals surface area contributed by atoms with Crippen molar-refractivity contribution in [3.8, 4) is 0 Å². The van der Waals surface area contributed by atoms with Crippen molar-refractivity contribution >= 4 is 40.2 Å². The molecule has 0 aliphatic heterocycles. The molecule has 1 saturated carbocycles. The van der Waals surface area contributed by atoms with Crippen molar-refractivity contribution in [2.75, 3.05) is 24.7 Å². The minimum absolute atomic E-state index is 0.0200. The van der Waals surface area contributed by atoms with E-state index in [9.17, 15) is 9.59 Å². The highest BCUT2D eigenvalue weighted by Crippen LogP contribution is 2.30. The van der Waals surface area contributed by atoms with Crippen LogP contribution in [0.5, 0.6) is 0 Å². The number of anilines is 1. The molecule has 2 amide bonds. The summed E-state index contributed by atoms with van der Waals surface area (Å²) < 4.78 is 6.26. The fourth-order valence-corrected chi connectivity index (χ4v) is 5.46. The number of methoxy groups -OCH3 is 1. The van der Waals surface area contributed by atoms with Gasteiger partial charge in [0.25, 0.3) is 0 Å². The molecule has 164 valence electrons. The molecule has 1 aromatic heterocycles. The first-order valence-corrected chi connectivity index (χ1v) is 12.1. The molecule has 0 radical (unpaired) electrons. The first-order valence-electron chi connectivity index (χ1n) is 10.3. The summed E-state index contributed by atoms with van der Waals surface area (Å²) >= 11 is 2.52. The number of ether oxygens (including phenoxy) is 1. The Morgan fingerprint density at radius 3 is 2.80 bits per heavy atom. The van der Waals surface area contributed by atoms with E-state index in [0.29, 0.717) is 17.6 Å². The zero-order valence-corrected chi connectivity index (χ0v) is 18.8. The van der Waals surface area contributed by atoms with Crippen LogP contribution < -0.4 is 5.32 Å². The molecule has 0 aromatic carbocycles. The lowest BCUT2D eigenvalue weighted by Crippen LogP contribution is -2.46. The van der Waals surface area contributed by atoms with Gasteiger partial charge in [-0.2, -0.15) is 0 Å². The Morgan fingerprint density at radius 1 is 1.33 bits per heavy atom. The first kappa shape index (κ1) is 22.8. The minimum Gasteiger partial charge on any atom is -0.481 e. The van der Waals surface area contributed by atoms with Crippen LogP contribution in [0.1, 0.15) is 38.5 Å². The van der Waals surface area contributed by atoms with Gasteiger partial charge in [-0.1, -0.05) is 35.6 Å². The van der Waals surface area contributed by atoms with Crippen LogP contribution in [0.2, 0.25) is 0 Å². The second-order valence-electron chi connectivity index (χ2n) is 7.55. The number of nitrogens with zero attached hydrogens (tertiary/aromatic N) is 2. The Morgan fingerprint density at radius 2 is 2.13 bits per heavy atom. The van der Waals surface area contributed by atoms with Gasteiger partial charge >= 0.3 is 12.0 Å². The third-order valence-corrected chi connectivity index (χ3v) is 7.62. The lowest BCUT2D eigenvalue weighted by atomic mass is 9.91.